The summed E-state index contributed by atoms with van der Waals surface area (Å²) in [6.07, 6.45) is 0. The molecule has 0 spiro atoms. The number of hydrogen-bond acceptors (Lipinski definition) is 4. The van der Waals surface area contributed by atoms with Gasteiger partial charge in [-0.15, -0.1) is 10.2 Å². The van der Waals surface area contributed by atoms with Crippen LogP contribution in [0.25, 0.3) is 11.4 Å². The number of aliphatic carboxylic acids is 1. The van der Waals surface area contributed by atoms with E-state index in [0.717, 1.165) is 30.0 Å². The quantitative estimate of drug-likeness (QED) is 0.869. The van der Waals surface area contributed by atoms with Gasteiger partial charge in [-0.25, -0.2) is 8.78 Å². The van der Waals surface area contributed by atoms with Crippen molar-refractivity contribution >= 4 is 17.7 Å². The first-order chi connectivity index (χ1) is 8.99. The van der Waals surface area contributed by atoms with Gasteiger partial charge in [0.25, 0.3) is 0 Å². The molecular weight excluding hydrogens is 276 g/mol. The largest absolute Gasteiger partial charge is 0.481 e. The third kappa shape index (κ3) is 2.90. The first-order valence-corrected chi connectivity index (χ1v) is 6.17. The van der Waals surface area contributed by atoms with E-state index in [1.54, 1.807) is 7.05 Å². The van der Waals surface area contributed by atoms with Gasteiger partial charge in [0.05, 0.1) is 11.3 Å². The molecule has 2 rings (SSSR count). The maximum atomic E-state index is 13.6. The number of carboxylic acid groups (broad SMARTS) is 1. The average molecular weight is 285 g/mol. The topological polar surface area (TPSA) is 68.0 Å². The van der Waals surface area contributed by atoms with E-state index in [1.807, 2.05) is 0 Å². The van der Waals surface area contributed by atoms with Gasteiger partial charge in [-0.3, -0.25) is 4.79 Å². The standard InChI is InChI=1S/C11H9F2N3O2S/c1-16-10(7-4-6(12)2-3-8(7)13)14-15-11(16)19-5-9(17)18/h2-4H,5H2,1H3,(H,17,18). The number of hydrogen-bond donors (Lipinski definition) is 1. The predicted octanol–water partition coefficient (Wildman–Crippen LogP) is 1.94. The van der Waals surface area contributed by atoms with Crippen LogP contribution in [0.15, 0.2) is 23.4 Å². The number of aromatic nitrogens is 3. The molecule has 1 aromatic carbocycles. The van der Waals surface area contributed by atoms with Gasteiger partial charge in [0.1, 0.15) is 11.6 Å². The van der Waals surface area contributed by atoms with E-state index in [-0.39, 0.29) is 17.1 Å². The predicted molar refractivity (Wildman–Crippen MR) is 64.7 cm³/mol. The van der Waals surface area contributed by atoms with Crippen molar-refractivity contribution in [3.05, 3.63) is 29.8 Å². The fraction of sp³-hybridized carbons (Fsp3) is 0.182. The lowest BCUT2D eigenvalue weighted by Crippen LogP contribution is -2.01. The number of carboxylic acids is 1. The van der Waals surface area contributed by atoms with Crippen LogP contribution in [0.4, 0.5) is 8.78 Å². The number of nitrogens with zero attached hydrogens (tertiary/aromatic N) is 3. The minimum Gasteiger partial charge on any atom is -0.481 e. The van der Waals surface area contributed by atoms with Gasteiger partial charge in [0.15, 0.2) is 11.0 Å². The minimum atomic E-state index is -0.994. The van der Waals surface area contributed by atoms with Gasteiger partial charge in [0, 0.05) is 7.05 Å². The Bertz CT molecular complexity index is 630. The second kappa shape index (κ2) is 5.35. The van der Waals surface area contributed by atoms with Crippen molar-refractivity contribution in [2.24, 2.45) is 7.05 Å². The van der Waals surface area contributed by atoms with Crippen molar-refractivity contribution in [1.82, 2.24) is 14.8 Å². The molecule has 0 saturated heterocycles. The number of halogens is 2. The highest BCUT2D eigenvalue weighted by molar-refractivity contribution is 7.99. The summed E-state index contributed by atoms with van der Waals surface area (Å²) in [4.78, 5) is 10.5. The van der Waals surface area contributed by atoms with Crippen molar-refractivity contribution in [2.75, 3.05) is 5.75 Å². The summed E-state index contributed by atoms with van der Waals surface area (Å²) >= 11 is 0.954. The normalized spacial score (nSPS) is 10.7. The number of thioether (sulfide) groups is 1. The highest BCUT2D eigenvalue weighted by Gasteiger charge is 2.16. The molecular formula is C11H9F2N3O2S. The van der Waals surface area contributed by atoms with Crippen LogP contribution in [0.3, 0.4) is 0 Å². The van der Waals surface area contributed by atoms with Gasteiger partial charge in [0.2, 0.25) is 0 Å². The van der Waals surface area contributed by atoms with Gasteiger partial charge in [-0.2, -0.15) is 0 Å². The lowest BCUT2D eigenvalue weighted by atomic mass is 10.2. The van der Waals surface area contributed by atoms with Gasteiger partial charge < -0.3 is 9.67 Å². The Morgan fingerprint density at radius 1 is 1.42 bits per heavy atom. The zero-order valence-corrected chi connectivity index (χ0v) is 10.6. The van der Waals surface area contributed by atoms with Crippen LogP contribution in [-0.4, -0.2) is 31.6 Å². The zero-order chi connectivity index (χ0) is 14.0. The highest BCUT2D eigenvalue weighted by Crippen LogP contribution is 2.25. The molecule has 0 atom stereocenters. The zero-order valence-electron chi connectivity index (χ0n) is 9.80. The van der Waals surface area contributed by atoms with Crippen LogP contribution in [-0.2, 0) is 11.8 Å². The molecule has 5 nitrogen and oxygen atoms in total. The molecule has 0 aliphatic heterocycles. The third-order valence-corrected chi connectivity index (χ3v) is 3.33. The second-order valence-electron chi connectivity index (χ2n) is 3.67. The number of carbonyl (C=O) groups is 1. The van der Waals surface area contributed by atoms with Gasteiger partial charge in [-0.05, 0) is 18.2 Å². The molecule has 0 bridgehead atoms. The molecule has 2 aromatic rings. The maximum absolute atomic E-state index is 13.6. The Morgan fingerprint density at radius 3 is 2.84 bits per heavy atom. The summed E-state index contributed by atoms with van der Waals surface area (Å²) in [7, 11) is 1.56. The Morgan fingerprint density at radius 2 is 2.16 bits per heavy atom. The molecule has 100 valence electrons. The van der Waals surface area contributed by atoms with E-state index >= 15 is 0 Å². The molecule has 1 aromatic heterocycles. The summed E-state index contributed by atoms with van der Waals surface area (Å²) in [6, 6.07) is 3.03. The van der Waals surface area contributed by atoms with Crippen LogP contribution in [0.1, 0.15) is 0 Å². The summed E-state index contributed by atoms with van der Waals surface area (Å²) in [5, 5.41) is 16.4. The minimum absolute atomic E-state index is 0.0165. The van der Waals surface area contributed by atoms with Gasteiger partial charge >= 0.3 is 5.97 Å². The molecule has 0 aliphatic rings. The summed E-state index contributed by atoms with van der Waals surface area (Å²) < 4.78 is 28.2. The maximum Gasteiger partial charge on any atom is 0.313 e. The van der Waals surface area contributed by atoms with Crippen molar-refractivity contribution in [1.29, 1.82) is 0 Å². The van der Waals surface area contributed by atoms with Crippen molar-refractivity contribution < 1.29 is 18.7 Å². The molecule has 8 heteroatoms. The fourth-order valence-electron chi connectivity index (χ4n) is 1.47. The van der Waals surface area contributed by atoms with E-state index in [9.17, 15) is 13.6 Å². The third-order valence-electron chi connectivity index (χ3n) is 2.33. The Labute approximate surface area is 111 Å². The van der Waals surface area contributed by atoms with E-state index in [0.29, 0.717) is 5.16 Å². The molecule has 0 aliphatic carbocycles. The van der Waals surface area contributed by atoms with Crippen molar-refractivity contribution in [2.45, 2.75) is 5.16 Å². The van der Waals surface area contributed by atoms with E-state index in [1.165, 1.54) is 4.57 Å². The number of rotatable bonds is 4. The summed E-state index contributed by atoms with van der Waals surface area (Å²) in [6.45, 7) is 0. The molecule has 0 unspecified atom stereocenters. The fourth-order valence-corrected chi connectivity index (χ4v) is 2.10. The van der Waals surface area contributed by atoms with Crippen LogP contribution >= 0.6 is 11.8 Å². The van der Waals surface area contributed by atoms with Crippen LogP contribution in [0.5, 0.6) is 0 Å². The Balaban J connectivity index is 2.36. The smallest absolute Gasteiger partial charge is 0.313 e. The van der Waals surface area contributed by atoms with Crippen LogP contribution in [0.2, 0.25) is 0 Å². The molecule has 1 heterocycles. The Kier molecular flexibility index (Phi) is 3.79. The van der Waals surface area contributed by atoms with E-state index in [4.69, 9.17) is 5.11 Å². The molecule has 0 fully saturated rings. The molecule has 0 radical (unpaired) electrons. The van der Waals surface area contributed by atoms with Crippen molar-refractivity contribution in [3.63, 3.8) is 0 Å². The summed E-state index contributed by atoms with van der Waals surface area (Å²) in [5.74, 6) is -2.24. The van der Waals surface area contributed by atoms with Crippen LogP contribution < -0.4 is 0 Å². The second-order valence-corrected chi connectivity index (χ2v) is 4.61. The highest BCUT2D eigenvalue weighted by atomic mass is 32.2. The van der Waals surface area contributed by atoms with Crippen LogP contribution in [0, 0.1) is 11.6 Å². The first-order valence-electron chi connectivity index (χ1n) is 5.18. The Hall–Kier alpha value is -1.96. The van der Waals surface area contributed by atoms with E-state index < -0.39 is 17.6 Å². The monoisotopic (exact) mass is 285 g/mol. The number of benzene rings is 1. The lowest BCUT2D eigenvalue weighted by molar-refractivity contribution is -0.133. The average Bonchev–Trinajstić information content (AvgIpc) is 2.71. The van der Waals surface area contributed by atoms with E-state index in [2.05, 4.69) is 10.2 Å². The van der Waals surface area contributed by atoms with Gasteiger partial charge in [-0.1, -0.05) is 11.8 Å². The molecule has 19 heavy (non-hydrogen) atoms. The SMILES string of the molecule is Cn1c(SCC(=O)O)nnc1-c1cc(F)ccc1F. The molecule has 0 amide bonds. The lowest BCUT2D eigenvalue weighted by Gasteiger charge is -2.04. The van der Waals surface area contributed by atoms with Crippen molar-refractivity contribution in [3.8, 4) is 11.4 Å². The first kappa shape index (κ1) is 13.5. The molecule has 1 N–H and O–H groups in total. The molecule has 0 saturated carbocycles. The summed E-state index contributed by atoms with van der Waals surface area (Å²) in [5.41, 5.74) is -0.0165.